The molecule has 0 aromatic heterocycles. The predicted molar refractivity (Wildman–Crippen MR) is 39.2 cm³/mol. The van der Waals surface area contributed by atoms with E-state index in [1.165, 1.54) is 19.6 Å². The first-order valence-corrected chi connectivity index (χ1v) is 3.88. The second-order valence-electron chi connectivity index (χ2n) is 3.16. The van der Waals surface area contributed by atoms with Crippen LogP contribution in [0.1, 0.15) is 26.7 Å². The zero-order valence-corrected chi connectivity index (χ0v) is 6.67. The minimum Gasteiger partial charge on any atom is -0.348 e. The number of hydrogen-bond donors (Lipinski definition) is 0. The first-order chi connectivity index (χ1) is 4.79. The SMILES string of the molecule is CC(C)CO[CH]OC1CC1. The van der Waals surface area contributed by atoms with Crippen molar-refractivity contribution in [2.75, 3.05) is 6.61 Å². The summed E-state index contributed by atoms with van der Waals surface area (Å²) in [4.78, 5) is 0. The van der Waals surface area contributed by atoms with Crippen molar-refractivity contribution in [3.05, 3.63) is 6.79 Å². The largest absolute Gasteiger partial charge is 0.348 e. The van der Waals surface area contributed by atoms with Crippen LogP contribution in [-0.2, 0) is 9.47 Å². The average Bonchev–Trinajstić information content (AvgIpc) is 2.62. The van der Waals surface area contributed by atoms with E-state index in [0.717, 1.165) is 6.61 Å². The molecular weight excluding hydrogens is 128 g/mol. The van der Waals surface area contributed by atoms with E-state index >= 15 is 0 Å². The Balaban J connectivity index is 1.76. The molecule has 1 radical (unpaired) electrons. The second-order valence-corrected chi connectivity index (χ2v) is 3.16. The fourth-order valence-electron chi connectivity index (χ4n) is 0.554. The van der Waals surface area contributed by atoms with Gasteiger partial charge in [-0.3, -0.25) is 0 Å². The lowest BCUT2D eigenvalue weighted by molar-refractivity contribution is 0.00308. The van der Waals surface area contributed by atoms with Gasteiger partial charge < -0.3 is 9.47 Å². The van der Waals surface area contributed by atoms with Crippen LogP contribution in [0, 0.1) is 12.7 Å². The minimum absolute atomic E-state index is 0.465. The molecule has 0 aromatic rings. The molecule has 1 aliphatic rings. The molecule has 59 valence electrons. The number of rotatable bonds is 5. The minimum atomic E-state index is 0.465. The average molecular weight is 143 g/mol. The summed E-state index contributed by atoms with van der Waals surface area (Å²) in [5, 5.41) is 0. The Kier molecular flexibility index (Phi) is 3.16. The van der Waals surface area contributed by atoms with Crippen molar-refractivity contribution in [3.63, 3.8) is 0 Å². The van der Waals surface area contributed by atoms with Gasteiger partial charge in [-0.05, 0) is 18.8 Å². The first-order valence-electron chi connectivity index (χ1n) is 3.88. The van der Waals surface area contributed by atoms with Crippen molar-refractivity contribution in [1.29, 1.82) is 0 Å². The standard InChI is InChI=1S/C8H15O2/c1-7(2)5-9-6-10-8-3-4-8/h6-8H,3-5H2,1-2H3. The highest BCUT2D eigenvalue weighted by atomic mass is 16.7. The lowest BCUT2D eigenvalue weighted by Crippen LogP contribution is -2.02. The van der Waals surface area contributed by atoms with Gasteiger partial charge in [0.1, 0.15) is 0 Å². The molecule has 2 heteroatoms. The van der Waals surface area contributed by atoms with E-state index in [1.807, 2.05) is 0 Å². The van der Waals surface area contributed by atoms with Gasteiger partial charge in [-0.25, -0.2) is 0 Å². The van der Waals surface area contributed by atoms with Crippen LogP contribution in [-0.4, -0.2) is 12.7 Å². The van der Waals surface area contributed by atoms with E-state index in [1.54, 1.807) is 0 Å². The zero-order valence-electron chi connectivity index (χ0n) is 6.67. The third kappa shape index (κ3) is 3.85. The maximum absolute atomic E-state index is 5.16. The van der Waals surface area contributed by atoms with Crippen molar-refractivity contribution in [1.82, 2.24) is 0 Å². The molecule has 0 aromatic carbocycles. The van der Waals surface area contributed by atoms with Crippen molar-refractivity contribution in [3.8, 4) is 0 Å². The van der Waals surface area contributed by atoms with E-state index in [2.05, 4.69) is 13.8 Å². The van der Waals surface area contributed by atoms with Crippen LogP contribution in [0.25, 0.3) is 0 Å². The molecule has 0 heterocycles. The third-order valence-electron chi connectivity index (χ3n) is 1.27. The summed E-state index contributed by atoms with van der Waals surface area (Å²) in [5.41, 5.74) is 0. The lowest BCUT2D eigenvalue weighted by atomic mass is 10.2. The Bertz CT molecular complexity index is 83.3. The predicted octanol–water partition coefficient (Wildman–Crippen LogP) is 1.96. The molecule has 0 amide bonds. The van der Waals surface area contributed by atoms with E-state index in [-0.39, 0.29) is 0 Å². The summed E-state index contributed by atoms with van der Waals surface area (Å²) < 4.78 is 10.3. The van der Waals surface area contributed by atoms with E-state index in [9.17, 15) is 0 Å². The van der Waals surface area contributed by atoms with Gasteiger partial charge in [0.05, 0.1) is 12.7 Å². The molecule has 2 nitrogen and oxygen atoms in total. The molecule has 0 atom stereocenters. The van der Waals surface area contributed by atoms with Gasteiger partial charge in [0.2, 0.25) is 6.79 Å². The third-order valence-corrected chi connectivity index (χ3v) is 1.27. The Morgan fingerprint density at radius 1 is 1.50 bits per heavy atom. The van der Waals surface area contributed by atoms with Crippen molar-refractivity contribution in [2.45, 2.75) is 32.8 Å². The molecular formula is C8H15O2. The number of ether oxygens (including phenoxy) is 2. The first kappa shape index (κ1) is 8.02. The molecule has 1 rings (SSSR count). The highest BCUT2D eigenvalue weighted by Gasteiger charge is 2.21. The van der Waals surface area contributed by atoms with E-state index < -0.39 is 0 Å². The summed E-state index contributed by atoms with van der Waals surface area (Å²) >= 11 is 0. The van der Waals surface area contributed by atoms with Crippen LogP contribution in [0.3, 0.4) is 0 Å². The number of hydrogen-bond acceptors (Lipinski definition) is 2. The molecule has 0 aliphatic heterocycles. The van der Waals surface area contributed by atoms with E-state index in [4.69, 9.17) is 9.47 Å². The molecule has 0 bridgehead atoms. The molecule has 0 N–H and O–H groups in total. The van der Waals surface area contributed by atoms with Gasteiger partial charge in [0, 0.05) is 0 Å². The second kappa shape index (κ2) is 3.94. The molecule has 0 spiro atoms. The Hall–Kier alpha value is -0.0800. The highest BCUT2D eigenvalue weighted by Crippen LogP contribution is 2.24. The Labute approximate surface area is 62.5 Å². The summed E-state index contributed by atoms with van der Waals surface area (Å²) in [7, 11) is 0. The fraction of sp³-hybridized carbons (Fsp3) is 0.875. The Morgan fingerprint density at radius 2 is 2.20 bits per heavy atom. The normalized spacial score (nSPS) is 18.3. The van der Waals surface area contributed by atoms with Gasteiger partial charge in [-0.15, -0.1) is 0 Å². The molecule has 10 heavy (non-hydrogen) atoms. The van der Waals surface area contributed by atoms with Gasteiger partial charge in [0.15, 0.2) is 0 Å². The van der Waals surface area contributed by atoms with Crippen molar-refractivity contribution >= 4 is 0 Å². The highest BCUT2D eigenvalue weighted by molar-refractivity contribution is 4.73. The van der Waals surface area contributed by atoms with Crippen molar-refractivity contribution < 1.29 is 9.47 Å². The molecule has 1 saturated carbocycles. The summed E-state index contributed by atoms with van der Waals surface area (Å²) in [6, 6.07) is 0. The lowest BCUT2D eigenvalue weighted by Gasteiger charge is -2.04. The monoisotopic (exact) mass is 143 g/mol. The summed E-state index contributed by atoms with van der Waals surface area (Å²) in [5.74, 6) is 0.582. The maximum Gasteiger partial charge on any atom is 0.209 e. The van der Waals surface area contributed by atoms with Gasteiger partial charge >= 0.3 is 0 Å². The maximum atomic E-state index is 5.16. The van der Waals surface area contributed by atoms with Crippen LogP contribution in [0.4, 0.5) is 0 Å². The fourth-order valence-corrected chi connectivity index (χ4v) is 0.554. The Morgan fingerprint density at radius 3 is 2.70 bits per heavy atom. The van der Waals surface area contributed by atoms with E-state index in [0.29, 0.717) is 12.0 Å². The molecule has 1 aliphatic carbocycles. The summed E-state index contributed by atoms with van der Waals surface area (Å²) in [6.45, 7) is 6.47. The van der Waals surface area contributed by atoms with Gasteiger partial charge in [-0.2, -0.15) is 0 Å². The van der Waals surface area contributed by atoms with Gasteiger partial charge in [0.25, 0.3) is 0 Å². The molecule has 1 fully saturated rings. The smallest absolute Gasteiger partial charge is 0.209 e. The zero-order chi connectivity index (χ0) is 7.40. The van der Waals surface area contributed by atoms with Crippen LogP contribution < -0.4 is 0 Å². The van der Waals surface area contributed by atoms with Gasteiger partial charge in [-0.1, -0.05) is 13.8 Å². The van der Waals surface area contributed by atoms with Crippen LogP contribution in [0.15, 0.2) is 0 Å². The quantitative estimate of drug-likeness (QED) is 0.548. The summed E-state index contributed by atoms with van der Waals surface area (Å²) in [6.07, 6.45) is 2.86. The van der Waals surface area contributed by atoms with Crippen LogP contribution in [0.5, 0.6) is 0 Å². The topological polar surface area (TPSA) is 18.5 Å². The van der Waals surface area contributed by atoms with Crippen LogP contribution >= 0.6 is 0 Å². The molecule has 0 saturated heterocycles. The molecule has 0 unspecified atom stereocenters. The van der Waals surface area contributed by atoms with Crippen molar-refractivity contribution in [2.24, 2.45) is 5.92 Å². The van der Waals surface area contributed by atoms with Crippen LogP contribution in [0.2, 0.25) is 0 Å².